The van der Waals surface area contributed by atoms with Crippen LogP contribution in [0.2, 0.25) is 0 Å². The fourth-order valence-electron chi connectivity index (χ4n) is 4.62. The van der Waals surface area contributed by atoms with Crippen LogP contribution in [0.3, 0.4) is 0 Å². The molecular weight excluding hydrogens is 454 g/mol. The standard InChI is InChI=1S/C24H25N5O6/c1-16-20(22(30)31)21(17-7-5-10-19(15-17)29(34)35)28(23(32)25-16)12-6-11-26-13-14-27(24(26)33)18-8-3-2-4-9-18/h2-5,7-10,15,20-21H,6,11-14H2,1H3,(H,30,31). The Balaban J connectivity index is 1.51. The van der Waals surface area contributed by atoms with Gasteiger partial charge in [-0.1, -0.05) is 30.3 Å². The summed E-state index contributed by atoms with van der Waals surface area (Å²) in [5, 5.41) is 21.2. The molecule has 4 amide bonds. The lowest BCUT2D eigenvalue weighted by Crippen LogP contribution is -2.47. The van der Waals surface area contributed by atoms with Crippen LogP contribution in [0.1, 0.15) is 24.9 Å². The number of hydrogen-bond donors (Lipinski definition) is 1. The number of rotatable bonds is 8. The highest BCUT2D eigenvalue weighted by molar-refractivity contribution is 6.07. The molecule has 1 saturated heterocycles. The minimum Gasteiger partial charge on any atom is -0.481 e. The van der Waals surface area contributed by atoms with Crippen molar-refractivity contribution < 1.29 is 24.4 Å². The third-order valence-corrected chi connectivity index (χ3v) is 6.30. The maximum absolute atomic E-state index is 12.8. The summed E-state index contributed by atoms with van der Waals surface area (Å²) in [7, 11) is 0. The summed E-state index contributed by atoms with van der Waals surface area (Å²) in [4.78, 5) is 57.1. The van der Waals surface area contributed by atoms with E-state index in [-0.39, 0.29) is 24.0 Å². The molecule has 11 nitrogen and oxygen atoms in total. The molecule has 11 heteroatoms. The Morgan fingerprint density at radius 3 is 2.54 bits per heavy atom. The lowest BCUT2D eigenvalue weighted by Gasteiger charge is -2.38. The van der Waals surface area contributed by atoms with Crippen LogP contribution in [0.15, 0.2) is 59.6 Å². The fraction of sp³-hybridized carbons (Fsp3) is 0.333. The number of carboxylic acids is 1. The number of benzene rings is 2. The van der Waals surface area contributed by atoms with Gasteiger partial charge in [-0.2, -0.15) is 0 Å². The van der Waals surface area contributed by atoms with Gasteiger partial charge in [0.2, 0.25) is 0 Å². The van der Waals surface area contributed by atoms with Gasteiger partial charge in [0.05, 0.1) is 11.0 Å². The Morgan fingerprint density at radius 1 is 1.11 bits per heavy atom. The first kappa shape index (κ1) is 23.9. The van der Waals surface area contributed by atoms with E-state index in [9.17, 15) is 29.6 Å². The van der Waals surface area contributed by atoms with Crippen LogP contribution in [0.5, 0.6) is 0 Å². The van der Waals surface area contributed by atoms with Crippen molar-refractivity contribution in [2.24, 2.45) is 10.9 Å². The van der Waals surface area contributed by atoms with Crippen molar-refractivity contribution in [3.63, 3.8) is 0 Å². The Bertz CT molecular complexity index is 1180. The summed E-state index contributed by atoms with van der Waals surface area (Å²) < 4.78 is 0. The number of carbonyl (C=O) groups is 3. The van der Waals surface area contributed by atoms with E-state index in [2.05, 4.69) is 4.99 Å². The molecule has 0 bridgehead atoms. The van der Waals surface area contributed by atoms with Gasteiger partial charge in [0.15, 0.2) is 0 Å². The van der Waals surface area contributed by atoms with Gasteiger partial charge in [0.25, 0.3) is 5.69 Å². The van der Waals surface area contributed by atoms with Gasteiger partial charge in [0, 0.05) is 49.7 Å². The highest BCUT2D eigenvalue weighted by atomic mass is 16.6. The Kier molecular flexibility index (Phi) is 6.76. The molecule has 1 N–H and O–H groups in total. The summed E-state index contributed by atoms with van der Waals surface area (Å²) in [5.74, 6) is -2.31. The molecule has 4 rings (SSSR count). The highest BCUT2D eigenvalue weighted by Gasteiger charge is 2.42. The summed E-state index contributed by atoms with van der Waals surface area (Å²) in [5.41, 5.74) is 1.11. The molecule has 2 aromatic carbocycles. The smallest absolute Gasteiger partial charge is 0.344 e. The SMILES string of the molecule is CC1=NC(=O)N(CCCN2CCN(c3ccccc3)C2=O)C(c2cccc([N+](=O)[O-])c2)C1C(=O)O. The van der Waals surface area contributed by atoms with Crippen LogP contribution in [0, 0.1) is 16.0 Å². The normalized spacial score (nSPS) is 20.3. The molecule has 2 aliphatic rings. The number of nitrogens with zero attached hydrogens (tertiary/aromatic N) is 5. The van der Waals surface area contributed by atoms with Gasteiger partial charge >= 0.3 is 18.0 Å². The second-order valence-corrected chi connectivity index (χ2v) is 8.45. The Labute approximate surface area is 201 Å². The number of non-ortho nitro benzene ring substituents is 1. The molecule has 0 aromatic heterocycles. The molecule has 1 fully saturated rings. The summed E-state index contributed by atoms with van der Waals surface area (Å²) in [6, 6.07) is 13.3. The molecule has 2 heterocycles. The lowest BCUT2D eigenvalue weighted by molar-refractivity contribution is -0.385. The predicted molar refractivity (Wildman–Crippen MR) is 128 cm³/mol. The average molecular weight is 479 g/mol. The zero-order valence-electron chi connectivity index (χ0n) is 19.1. The molecule has 2 atom stereocenters. The van der Waals surface area contributed by atoms with Crippen molar-refractivity contribution in [2.75, 3.05) is 31.1 Å². The van der Waals surface area contributed by atoms with Crippen molar-refractivity contribution in [3.05, 3.63) is 70.3 Å². The largest absolute Gasteiger partial charge is 0.481 e. The van der Waals surface area contributed by atoms with E-state index >= 15 is 0 Å². The average Bonchev–Trinajstić information content (AvgIpc) is 3.20. The molecule has 182 valence electrons. The number of anilines is 1. The second kappa shape index (κ2) is 9.92. The van der Waals surface area contributed by atoms with Crippen LogP contribution < -0.4 is 4.90 Å². The number of nitro benzene ring substituents is 1. The van der Waals surface area contributed by atoms with Crippen molar-refractivity contribution in [2.45, 2.75) is 19.4 Å². The number of carbonyl (C=O) groups excluding carboxylic acids is 2. The zero-order valence-corrected chi connectivity index (χ0v) is 19.1. The van der Waals surface area contributed by atoms with E-state index in [1.54, 1.807) is 15.9 Å². The van der Waals surface area contributed by atoms with Crippen LogP contribution in [0.25, 0.3) is 0 Å². The molecule has 2 aromatic rings. The van der Waals surface area contributed by atoms with E-state index in [0.29, 0.717) is 31.6 Å². The highest BCUT2D eigenvalue weighted by Crippen LogP contribution is 2.36. The number of aliphatic carboxylic acids is 1. The number of nitro groups is 1. The number of aliphatic imine (C=N–C) groups is 1. The minimum atomic E-state index is -1.17. The summed E-state index contributed by atoms with van der Waals surface area (Å²) >= 11 is 0. The van der Waals surface area contributed by atoms with Gasteiger partial charge in [-0.05, 0) is 31.0 Å². The van der Waals surface area contributed by atoms with Crippen molar-refractivity contribution in [3.8, 4) is 0 Å². The van der Waals surface area contributed by atoms with Gasteiger partial charge in [-0.25, -0.2) is 14.6 Å². The molecule has 0 radical (unpaired) electrons. The number of urea groups is 2. The van der Waals surface area contributed by atoms with Gasteiger partial charge in [-0.3, -0.25) is 19.8 Å². The van der Waals surface area contributed by atoms with E-state index in [1.807, 2.05) is 30.3 Å². The predicted octanol–water partition coefficient (Wildman–Crippen LogP) is 3.57. The van der Waals surface area contributed by atoms with E-state index in [4.69, 9.17) is 0 Å². The summed E-state index contributed by atoms with van der Waals surface area (Å²) in [6.07, 6.45) is 0.395. The Morgan fingerprint density at radius 2 is 1.86 bits per heavy atom. The third kappa shape index (κ3) is 4.84. The molecule has 35 heavy (non-hydrogen) atoms. The lowest BCUT2D eigenvalue weighted by atomic mass is 9.86. The number of para-hydroxylation sites is 1. The fourth-order valence-corrected chi connectivity index (χ4v) is 4.62. The first-order valence-corrected chi connectivity index (χ1v) is 11.2. The van der Waals surface area contributed by atoms with Crippen LogP contribution in [0.4, 0.5) is 21.0 Å². The van der Waals surface area contributed by atoms with Gasteiger partial charge < -0.3 is 14.9 Å². The molecule has 2 unspecified atom stereocenters. The third-order valence-electron chi connectivity index (χ3n) is 6.30. The van der Waals surface area contributed by atoms with Crippen molar-refractivity contribution >= 4 is 35.1 Å². The maximum Gasteiger partial charge on any atom is 0.344 e. The van der Waals surface area contributed by atoms with Crippen LogP contribution in [-0.4, -0.2) is 69.8 Å². The first-order chi connectivity index (χ1) is 16.8. The van der Waals surface area contributed by atoms with Crippen LogP contribution in [-0.2, 0) is 4.79 Å². The number of hydrogen-bond acceptors (Lipinski definition) is 5. The molecule has 0 saturated carbocycles. The van der Waals surface area contributed by atoms with E-state index < -0.39 is 28.9 Å². The Hall–Kier alpha value is -4.28. The van der Waals surface area contributed by atoms with Crippen molar-refractivity contribution in [1.29, 1.82) is 0 Å². The second-order valence-electron chi connectivity index (χ2n) is 8.45. The maximum atomic E-state index is 12.8. The molecule has 2 aliphatic heterocycles. The van der Waals surface area contributed by atoms with E-state index in [0.717, 1.165) is 5.69 Å². The number of carboxylic acid groups (broad SMARTS) is 1. The van der Waals surface area contributed by atoms with Crippen molar-refractivity contribution in [1.82, 2.24) is 9.80 Å². The van der Waals surface area contributed by atoms with Crippen LogP contribution >= 0.6 is 0 Å². The molecular formula is C24H25N5O6. The van der Waals surface area contributed by atoms with Gasteiger partial charge in [0.1, 0.15) is 5.92 Å². The first-order valence-electron chi connectivity index (χ1n) is 11.2. The topological polar surface area (TPSA) is 137 Å². The summed E-state index contributed by atoms with van der Waals surface area (Å²) in [6.45, 7) is 3.06. The quantitative estimate of drug-likeness (QED) is 0.454. The molecule has 0 spiro atoms. The minimum absolute atomic E-state index is 0.131. The number of amides is 4. The zero-order chi connectivity index (χ0) is 25.1. The monoisotopic (exact) mass is 479 g/mol. The van der Waals surface area contributed by atoms with Gasteiger partial charge in [-0.15, -0.1) is 0 Å². The molecule has 0 aliphatic carbocycles. The van der Waals surface area contributed by atoms with E-state index in [1.165, 1.54) is 30.0 Å².